The molecule has 1 atom stereocenters. The first-order valence-corrected chi connectivity index (χ1v) is 3.55. The third-order valence-corrected chi connectivity index (χ3v) is 1.43. The Morgan fingerprint density at radius 1 is 1.36 bits per heavy atom. The second kappa shape index (κ2) is 3.39. The quantitative estimate of drug-likeness (QED) is 0.663. The van der Waals surface area contributed by atoms with E-state index in [4.69, 9.17) is 10.8 Å². The van der Waals surface area contributed by atoms with Gasteiger partial charge in [0, 0.05) is 6.04 Å². The predicted molar refractivity (Wildman–Crippen MR) is 45.1 cm³/mol. The largest absolute Gasteiger partial charge is 0.508 e. The number of benzene rings is 1. The maximum absolute atomic E-state index is 8.94. The Balaban J connectivity index is 2.66. The van der Waals surface area contributed by atoms with Crippen molar-refractivity contribution in [1.29, 1.82) is 0 Å². The van der Waals surface area contributed by atoms with Crippen molar-refractivity contribution in [2.45, 2.75) is 12.5 Å². The molecule has 0 saturated carbocycles. The Morgan fingerprint density at radius 3 is 2.36 bits per heavy atom. The van der Waals surface area contributed by atoms with Gasteiger partial charge in [-0.2, -0.15) is 0 Å². The van der Waals surface area contributed by atoms with E-state index in [1.54, 1.807) is 12.1 Å². The van der Waals surface area contributed by atoms with Crippen molar-refractivity contribution >= 4 is 0 Å². The molecule has 0 aliphatic heterocycles. The van der Waals surface area contributed by atoms with E-state index in [9.17, 15) is 0 Å². The van der Waals surface area contributed by atoms with Gasteiger partial charge >= 0.3 is 0 Å². The average Bonchev–Trinajstić information content (AvgIpc) is 1.93. The Labute approximate surface area is 66.7 Å². The minimum absolute atomic E-state index is 0.0699. The molecule has 0 saturated heterocycles. The summed E-state index contributed by atoms with van der Waals surface area (Å²) in [6.07, 6.45) is 0.750. The molecule has 0 aromatic heterocycles. The second-order valence-corrected chi connectivity index (χ2v) is 2.63. The fourth-order valence-electron chi connectivity index (χ4n) is 0.935. The summed E-state index contributed by atoms with van der Waals surface area (Å²) >= 11 is 0. The van der Waals surface area contributed by atoms with Gasteiger partial charge in [0.2, 0.25) is 0 Å². The molecule has 3 N–H and O–H groups in total. The summed E-state index contributed by atoms with van der Waals surface area (Å²) in [6.45, 7) is 3.67. The summed E-state index contributed by atoms with van der Waals surface area (Å²) in [4.78, 5) is 0. The number of phenols is 1. The zero-order chi connectivity index (χ0) is 8.27. The van der Waals surface area contributed by atoms with E-state index >= 15 is 0 Å². The SMILES string of the molecule is [CH2]C(N)Cc1ccc(O)cc1. The van der Waals surface area contributed by atoms with E-state index in [1.807, 2.05) is 12.1 Å². The Kier molecular flexibility index (Phi) is 2.49. The van der Waals surface area contributed by atoms with Crippen LogP contribution in [0.3, 0.4) is 0 Å². The molecular formula is C9H12NO. The molecule has 0 aliphatic rings. The minimum Gasteiger partial charge on any atom is -0.508 e. The monoisotopic (exact) mass is 150 g/mol. The lowest BCUT2D eigenvalue weighted by atomic mass is 10.1. The summed E-state index contributed by atoms with van der Waals surface area (Å²) in [5, 5.41) is 8.94. The molecule has 0 spiro atoms. The van der Waals surface area contributed by atoms with Gasteiger partial charge in [-0.05, 0) is 31.0 Å². The first-order valence-electron chi connectivity index (χ1n) is 3.55. The van der Waals surface area contributed by atoms with Crippen molar-refractivity contribution in [2.24, 2.45) is 5.73 Å². The molecule has 11 heavy (non-hydrogen) atoms. The zero-order valence-electron chi connectivity index (χ0n) is 6.33. The van der Waals surface area contributed by atoms with E-state index in [0.717, 1.165) is 12.0 Å². The fourth-order valence-corrected chi connectivity index (χ4v) is 0.935. The summed E-state index contributed by atoms with van der Waals surface area (Å²) < 4.78 is 0. The van der Waals surface area contributed by atoms with Crippen LogP contribution >= 0.6 is 0 Å². The highest BCUT2D eigenvalue weighted by Gasteiger charge is 1.96. The Bertz CT molecular complexity index is 216. The van der Waals surface area contributed by atoms with Crippen LogP contribution in [0.5, 0.6) is 5.75 Å². The number of hydrogen-bond acceptors (Lipinski definition) is 2. The molecular weight excluding hydrogens is 138 g/mol. The van der Waals surface area contributed by atoms with Crippen LogP contribution in [0.2, 0.25) is 0 Å². The zero-order valence-corrected chi connectivity index (χ0v) is 6.33. The van der Waals surface area contributed by atoms with E-state index < -0.39 is 0 Å². The molecule has 1 aromatic carbocycles. The van der Waals surface area contributed by atoms with Crippen molar-refractivity contribution in [3.8, 4) is 5.75 Å². The predicted octanol–water partition coefficient (Wildman–Crippen LogP) is 1.10. The molecule has 0 heterocycles. The van der Waals surface area contributed by atoms with Gasteiger partial charge in [0.15, 0.2) is 0 Å². The average molecular weight is 150 g/mol. The van der Waals surface area contributed by atoms with Gasteiger partial charge in [0.05, 0.1) is 0 Å². The maximum atomic E-state index is 8.94. The van der Waals surface area contributed by atoms with Crippen LogP contribution < -0.4 is 5.73 Å². The van der Waals surface area contributed by atoms with Crippen LogP contribution in [0.1, 0.15) is 5.56 Å². The van der Waals surface area contributed by atoms with Gasteiger partial charge in [0.1, 0.15) is 5.75 Å². The topological polar surface area (TPSA) is 46.2 Å². The van der Waals surface area contributed by atoms with Crippen LogP contribution in [0.4, 0.5) is 0 Å². The van der Waals surface area contributed by atoms with Gasteiger partial charge in [-0.1, -0.05) is 12.1 Å². The minimum atomic E-state index is -0.0699. The van der Waals surface area contributed by atoms with Crippen LogP contribution in [0.15, 0.2) is 24.3 Å². The normalized spacial score (nSPS) is 12.9. The molecule has 2 nitrogen and oxygen atoms in total. The number of nitrogens with two attached hydrogens (primary N) is 1. The highest BCUT2D eigenvalue weighted by molar-refractivity contribution is 5.26. The van der Waals surface area contributed by atoms with E-state index in [-0.39, 0.29) is 11.8 Å². The lowest BCUT2D eigenvalue weighted by molar-refractivity contribution is 0.475. The van der Waals surface area contributed by atoms with Gasteiger partial charge < -0.3 is 10.8 Å². The molecule has 0 fully saturated rings. The van der Waals surface area contributed by atoms with Gasteiger partial charge in [-0.15, -0.1) is 0 Å². The van der Waals surface area contributed by atoms with Crippen LogP contribution in [0, 0.1) is 6.92 Å². The first-order chi connectivity index (χ1) is 5.18. The molecule has 1 aromatic rings. The van der Waals surface area contributed by atoms with Crippen LogP contribution in [-0.2, 0) is 6.42 Å². The molecule has 0 aliphatic carbocycles. The van der Waals surface area contributed by atoms with Crippen LogP contribution in [0.25, 0.3) is 0 Å². The molecule has 1 rings (SSSR count). The van der Waals surface area contributed by atoms with E-state index in [0.29, 0.717) is 0 Å². The summed E-state index contributed by atoms with van der Waals surface area (Å²) in [6, 6.07) is 6.93. The standard InChI is InChI=1S/C9H12NO/c1-7(10)6-8-2-4-9(11)5-3-8/h2-5,7,11H,1,6,10H2. The molecule has 2 heteroatoms. The summed E-state index contributed by atoms with van der Waals surface area (Å²) in [7, 11) is 0. The van der Waals surface area contributed by atoms with Crippen molar-refractivity contribution in [3.05, 3.63) is 36.8 Å². The highest BCUT2D eigenvalue weighted by atomic mass is 16.3. The van der Waals surface area contributed by atoms with E-state index in [2.05, 4.69) is 6.92 Å². The van der Waals surface area contributed by atoms with E-state index in [1.165, 1.54) is 0 Å². The van der Waals surface area contributed by atoms with Crippen molar-refractivity contribution in [2.75, 3.05) is 0 Å². The lowest BCUT2D eigenvalue weighted by Gasteiger charge is -2.03. The van der Waals surface area contributed by atoms with Crippen molar-refractivity contribution < 1.29 is 5.11 Å². The molecule has 0 bridgehead atoms. The molecule has 1 unspecified atom stereocenters. The first kappa shape index (κ1) is 8.08. The van der Waals surface area contributed by atoms with Gasteiger partial charge in [-0.3, -0.25) is 0 Å². The fraction of sp³-hybridized carbons (Fsp3) is 0.222. The number of aromatic hydroxyl groups is 1. The van der Waals surface area contributed by atoms with Crippen LogP contribution in [-0.4, -0.2) is 11.1 Å². The number of rotatable bonds is 2. The number of hydrogen-bond donors (Lipinski definition) is 2. The Morgan fingerprint density at radius 2 is 1.91 bits per heavy atom. The van der Waals surface area contributed by atoms with Gasteiger partial charge in [0.25, 0.3) is 0 Å². The molecule has 0 amide bonds. The summed E-state index contributed by atoms with van der Waals surface area (Å²) in [5.74, 6) is 0.284. The molecule has 1 radical (unpaired) electrons. The van der Waals surface area contributed by atoms with Crippen molar-refractivity contribution in [3.63, 3.8) is 0 Å². The lowest BCUT2D eigenvalue weighted by Crippen LogP contribution is -2.17. The second-order valence-electron chi connectivity index (χ2n) is 2.63. The third-order valence-electron chi connectivity index (χ3n) is 1.43. The number of phenolic OH excluding ortho intramolecular Hbond substituents is 1. The molecule has 59 valence electrons. The Hall–Kier alpha value is -1.02. The van der Waals surface area contributed by atoms with Gasteiger partial charge in [-0.25, -0.2) is 0 Å². The summed E-state index contributed by atoms with van der Waals surface area (Å²) in [5.41, 5.74) is 6.59. The maximum Gasteiger partial charge on any atom is 0.115 e. The highest BCUT2D eigenvalue weighted by Crippen LogP contribution is 2.10. The smallest absolute Gasteiger partial charge is 0.115 e. The third kappa shape index (κ3) is 2.60. The van der Waals surface area contributed by atoms with Crippen molar-refractivity contribution in [1.82, 2.24) is 0 Å².